The average Bonchev–Trinajstić information content (AvgIpc) is 2.92. The van der Waals surface area contributed by atoms with Gasteiger partial charge in [-0.2, -0.15) is 4.31 Å². The first kappa shape index (κ1) is 14.5. The minimum atomic E-state index is -3.27. The van der Waals surface area contributed by atoms with E-state index in [2.05, 4.69) is 19.0 Å². The van der Waals surface area contributed by atoms with Crippen LogP contribution in [0.25, 0.3) is 0 Å². The molecular weight excluding hydrogens is 292 g/mol. The van der Waals surface area contributed by atoms with Gasteiger partial charge in [0.2, 0.25) is 0 Å². The van der Waals surface area contributed by atoms with Crippen molar-refractivity contribution in [3.8, 4) is 0 Å². The lowest BCUT2D eigenvalue weighted by atomic mass is 9.64. The maximum atomic E-state index is 12.7. The lowest BCUT2D eigenvalue weighted by Gasteiger charge is -2.48. The highest BCUT2D eigenvalue weighted by Gasteiger charge is 2.51. The van der Waals surface area contributed by atoms with Gasteiger partial charge in [-0.1, -0.05) is 0 Å². The van der Waals surface area contributed by atoms with Crippen LogP contribution in [-0.4, -0.2) is 50.8 Å². The summed E-state index contributed by atoms with van der Waals surface area (Å²) in [5.74, 6) is 0. The van der Waals surface area contributed by atoms with E-state index >= 15 is 0 Å². The number of hydrogen-bond donors (Lipinski definition) is 0. The third kappa shape index (κ3) is 2.22. The second-order valence-electron chi connectivity index (χ2n) is 6.51. The summed E-state index contributed by atoms with van der Waals surface area (Å²) in [4.78, 5) is 2.26. The molecule has 2 fully saturated rings. The Morgan fingerprint density at radius 1 is 1.40 bits per heavy atom. The monoisotopic (exact) mass is 314 g/mol. The second-order valence-corrected chi connectivity index (χ2v) is 9.55. The van der Waals surface area contributed by atoms with Crippen LogP contribution in [0.5, 0.6) is 0 Å². The first-order valence-corrected chi connectivity index (χ1v) is 9.37. The molecular formula is C14H22N2O2S2. The zero-order chi connectivity index (χ0) is 14.5. The van der Waals surface area contributed by atoms with Gasteiger partial charge >= 0.3 is 0 Å². The van der Waals surface area contributed by atoms with Crippen molar-refractivity contribution in [2.45, 2.75) is 36.4 Å². The van der Waals surface area contributed by atoms with E-state index < -0.39 is 10.0 Å². The van der Waals surface area contributed by atoms with Gasteiger partial charge in [-0.15, -0.1) is 11.3 Å². The van der Waals surface area contributed by atoms with Crippen molar-refractivity contribution in [2.75, 3.05) is 27.2 Å². The molecule has 1 saturated carbocycles. The van der Waals surface area contributed by atoms with Gasteiger partial charge in [-0.25, -0.2) is 8.42 Å². The first-order valence-electron chi connectivity index (χ1n) is 7.05. The van der Waals surface area contributed by atoms with Crippen molar-refractivity contribution in [3.05, 3.63) is 17.0 Å². The van der Waals surface area contributed by atoms with Gasteiger partial charge < -0.3 is 4.90 Å². The summed E-state index contributed by atoms with van der Waals surface area (Å²) in [7, 11) is 0.942. The molecule has 6 heteroatoms. The van der Waals surface area contributed by atoms with E-state index in [-0.39, 0.29) is 5.41 Å². The maximum absolute atomic E-state index is 12.7. The lowest BCUT2D eigenvalue weighted by Crippen LogP contribution is -2.49. The van der Waals surface area contributed by atoms with Gasteiger partial charge in [0.25, 0.3) is 10.0 Å². The Kier molecular flexibility index (Phi) is 3.48. The molecule has 0 atom stereocenters. The number of nitrogens with zero attached hydrogens (tertiary/aromatic N) is 2. The largest absolute Gasteiger partial charge is 0.306 e. The summed E-state index contributed by atoms with van der Waals surface area (Å²) in [6.07, 6.45) is 3.28. The standard InChI is InChI=1S/C14H22N2O2S2/c1-11-4-7-19-13(11)20(17,18)16-6-5-14(10-16)8-12(9-14)15(2)3/h4,7,12H,5-6,8-10H2,1-3H3. The molecule has 0 unspecified atom stereocenters. The smallest absolute Gasteiger partial charge is 0.252 e. The number of hydrogen-bond acceptors (Lipinski definition) is 4. The summed E-state index contributed by atoms with van der Waals surface area (Å²) < 4.78 is 27.6. The molecule has 1 aromatic rings. The quantitative estimate of drug-likeness (QED) is 0.858. The minimum absolute atomic E-state index is 0.243. The number of rotatable bonds is 3. The van der Waals surface area contributed by atoms with E-state index in [1.807, 2.05) is 18.4 Å². The van der Waals surface area contributed by atoms with Gasteiger partial charge in [0, 0.05) is 19.1 Å². The van der Waals surface area contributed by atoms with Crippen LogP contribution in [0.15, 0.2) is 15.7 Å². The molecule has 2 heterocycles. The van der Waals surface area contributed by atoms with E-state index in [0.717, 1.165) is 24.8 Å². The highest BCUT2D eigenvalue weighted by atomic mass is 32.2. The molecule has 1 aliphatic heterocycles. The van der Waals surface area contributed by atoms with Crippen LogP contribution in [-0.2, 0) is 10.0 Å². The average molecular weight is 314 g/mol. The maximum Gasteiger partial charge on any atom is 0.252 e. The predicted octanol–water partition coefficient (Wildman–Crippen LogP) is 2.16. The van der Waals surface area contributed by atoms with Crippen molar-refractivity contribution < 1.29 is 8.42 Å². The number of thiophene rings is 1. The number of sulfonamides is 1. The number of aryl methyl sites for hydroxylation is 1. The Hall–Kier alpha value is -0.430. The lowest BCUT2D eigenvalue weighted by molar-refractivity contribution is 0.0381. The fourth-order valence-electron chi connectivity index (χ4n) is 3.48. The molecule has 0 N–H and O–H groups in total. The molecule has 1 aromatic heterocycles. The highest BCUT2D eigenvalue weighted by Crippen LogP contribution is 2.50. The fraction of sp³-hybridized carbons (Fsp3) is 0.714. The summed E-state index contributed by atoms with van der Waals surface area (Å²) >= 11 is 1.34. The van der Waals surface area contributed by atoms with Gasteiger partial charge in [-0.05, 0) is 62.7 Å². The second kappa shape index (κ2) is 4.80. The predicted molar refractivity (Wildman–Crippen MR) is 81.6 cm³/mol. The molecule has 20 heavy (non-hydrogen) atoms. The Labute approximate surface area is 125 Å². The molecule has 0 amide bonds. The van der Waals surface area contributed by atoms with Gasteiger partial charge in [-0.3, -0.25) is 0 Å². The Morgan fingerprint density at radius 3 is 2.65 bits per heavy atom. The third-order valence-corrected chi connectivity index (χ3v) is 8.37. The van der Waals surface area contributed by atoms with Crippen LogP contribution in [0.4, 0.5) is 0 Å². The van der Waals surface area contributed by atoms with Gasteiger partial charge in [0.1, 0.15) is 4.21 Å². The fourth-order valence-corrected chi connectivity index (χ4v) is 6.58. The zero-order valence-corrected chi connectivity index (χ0v) is 13.9. The molecule has 4 nitrogen and oxygen atoms in total. The van der Waals surface area contributed by atoms with Gasteiger partial charge in [0.15, 0.2) is 0 Å². The molecule has 3 rings (SSSR count). The van der Waals surface area contributed by atoms with Crippen LogP contribution in [0.1, 0.15) is 24.8 Å². The van der Waals surface area contributed by atoms with Crippen LogP contribution < -0.4 is 0 Å². The van der Waals surface area contributed by atoms with Crippen molar-refractivity contribution in [3.63, 3.8) is 0 Å². The molecule has 1 aliphatic carbocycles. The Bertz CT molecular complexity index is 600. The van der Waals surface area contributed by atoms with E-state index in [1.165, 1.54) is 11.3 Å². The topological polar surface area (TPSA) is 40.6 Å². The SMILES string of the molecule is Cc1ccsc1S(=O)(=O)N1CCC2(CC(N(C)C)C2)C1. The molecule has 2 aliphatic rings. The summed E-state index contributed by atoms with van der Waals surface area (Å²) in [6, 6.07) is 2.51. The highest BCUT2D eigenvalue weighted by molar-refractivity contribution is 7.91. The van der Waals surface area contributed by atoms with Crippen LogP contribution in [0.3, 0.4) is 0 Å². The minimum Gasteiger partial charge on any atom is -0.306 e. The normalized spacial score (nSPS) is 31.1. The first-order chi connectivity index (χ1) is 9.34. The molecule has 112 valence electrons. The van der Waals surface area contributed by atoms with Crippen molar-refractivity contribution in [1.29, 1.82) is 0 Å². The van der Waals surface area contributed by atoms with Crippen LogP contribution in [0.2, 0.25) is 0 Å². The van der Waals surface area contributed by atoms with Crippen LogP contribution in [0, 0.1) is 12.3 Å². The third-order valence-electron chi connectivity index (χ3n) is 4.86. The summed E-state index contributed by atoms with van der Waals surface area (Å²) in [6.45, 7) is 3.26. The van der Waals surface area contributed by atoms with E-state index in [4.69, 9.17) is 0 Å². The summed E-state index contributed by atoms with van der Waals surface area (Å²) in [5.41, 5.74) is 1.11. The molecule has 1 saturated heterocycles. The van der Waals surface area contributed by atoms with E-state index in [9.17, 15) is 8.42 Å². The Balaban J connectivity index is 1.74. The molecule has 0 radical (unpaired) electrons. The molecule has 0 aromatic carbocycles. The van der Waals surface area contributed by atoms with Crippen molar-refractivity contribution in [1.82, 2.24) is 9.21 Å². The van der Waals surface area contributed by atoms with Crippen LogP contribution >= 0.6 is 11.3 Å². The van der Waals surface area contributed by atoms with Gasteiger partial charge in [0.05, 0.1) is 0 Å². The van der Waals surface area contributed by atoms with E-state index in [1.54, 1.807) is 4.31 Å². The van der Waals surface area contributed by atoms with Crippen molar-refractivity contribution in [2.24, 2.45) is 5.41 Å². The van der Waals surface area contributed by atoms with Crippen molar-refractivity contribution >= 4 is 21.4 Å². The molecule has 1 spiro atoms. The molecule has 0 bridgehead atoms. The summed E-state index contributed by atoms with van der Waals surface area (Å²) in [5, 5.41) is 1.86. The zero-order valence-electron chi connectivity index (χ0n) is 12.3. The Morgan fingerprint density at radius 2 is 2.10 bits per heavy atom. The van der Waals surface area contributed by atoms with E-state index in [0.29, 0.717) is 23.3 Å².